The van der Waals surface area contributed by atoms with Crippen LogP contribution < -0.4 is 10.5 Å². The third kappa shape index (κ3) is 2.62. The van der Waals surface area contributed by atoms with Gasteiger partial charge in [0.1, 0.15) is 5.52 Å². The fraction of sp³-hybridized carbons (Fsp3) is 0.0667. The number of aromatic nitrogens is 1. The van der Waals surface area contributed by atoms with Crippen LogP contribution in [0, 0.1) is 17.1 Å². The van der Waals surface area contributed by atoms with Gasteiger partial charge in [-0.15, -0.1) is 0 Å². The summed E-state index contributed by atoms with van der Waals surface area (Å²) in [5.41, 5.74) is 7.66. The Hall–Kier alpha value is -3.07. The number of halogens is 1. The molecular formula is C15H10FN3O2. The standard InChI is InChI=1S/C15H10FN3O2/c16-11-5-9(7-17)1-4-13(11)20-8-15-19-12-3-2-10(18)6-14(12)21-15/h1-6H,8,18H2. The molecule has 0 spiro atoms. The molecule has 0 fully saturated rings. The summed E-state index contributed by atoms with van der Waals surface area (Å²) in [4.78, 5) is 4.21. The van der Waals surface area contributed by atoms with Gasteiger partial charge in [-0.05, 0) is 30.3 Å². The lowest BCUT2D eigenvalue weighted by molar-refractivity contribution is 0.255. The number of oxazole rings is 1. The number of nitrogen functional groups attached to an aromatic ring is 1. The number of fused-ring (bicyclic) bond motifs is 1. The maximum absolute atomic E-state index is 13.7. The van der Waals surface area contributed by atoms with Crippen LogP contribution in [0.1, 0.15) is 11.5 Å². The Morgan fingerprint density at radius 2 is 2.14 bits per heavy atom. The third-order valence-electron chi connectivity index (χ3n) is 2.87. The van der Waals surface area contributed by atoms with E-state index in [1.54, 1.807) is 18.2 Å². The zero-order chi connectivity index (χ0) is 14.8. The highest BCUT2D eigenvalue weighted by atomic mass is 19.1. The van der Waals surface area contributed by atoms with Crippen LogP contribution in [0.4, 0.5) is 10.1 Å². The molecule has 6 heteroatoms. The number of ether oxygens (including phenoxy) is 1. The van der Waals surface area contributed by atoms with Gasteiger partial charge in [0.25, 0.3) is 0 Å². The molecule has 0 unspecified atom stereocenters. The maximum Gasteiger partial charge on any atom is 0.233 e. The van der Waals surface area contributed by atoms with E-state index in [4.69, 9.17) is 20.1 Å². The largest absolute Gasteiger partial charge is 0.481 e. The summed E-state index contributed by atoms with van der Waals surface area (Å²) in [6.45, 7) is -0.0165. The lowest BCUT2D eigenvalue weighted by Gasteiger charge is -2.04. The van der Waals surface area contributed by atoms with Crippen LogP contribution in [0.5, 0.6) is 5.75 Å². The Morgan fingerprint density at radius 3 is 2.90 bits per heavy atom. The van der Waals surface area contributed by atoms with Crippen LogP contribution in [0.25, 0.3) is 11.1 Å². The monoisotopic (exact) mass is 283 g/mol. The number of nitrogens with two attached hydrogens (primary N) is 1. The van der Waals surface area contributed by atoms with Crippen molar-refractivity contribution in [2.45, 2.75) is 6.61 Å². The second-order valence-corrected chi connectivity index (χ2v) is 4.38. The van der Waals surface area contributed by atoms with Crippen LogP contribution in [-0.2, 0) is 6.61 Å². The summed E-state index contributed by atoms with van der Waals surface area (Å²) < 4.78 is 24.4. The summed E-state index contributed by atoms with van der Waals surface area (Å²) in [6, 6.07) is 11.0. The zero-order valence-corrected chi connectivity index (χ0v) is 10.8. The average Bonchev–Trinajstić information content (AvgIpc) is 2.87. The molecule has 1 aromatic heterocycles. The highest BCUT2D eigenvalue weighted by molar-refractivity contribution is 5.76. The molecular weight excluding hydrogens is 273 g/mol. The van der Waals surface area contributed by atoms with E-state index in [-0.39, 0.29) is 17.9 Å². The van der Waals surface area contributed by atoms with Crippen molar-refractivity contribution in [1.29, 1.82) is 5.26 Å². The number of nitriles is 1. The molecule has 21 heavy (non-hydrogen) atoms. The highest BCUT2D eigenvalue weighted by Crippen LogP contribution is 2.22. The molecule has 3 aromatic rings. The predicted octanol–water partition coefficient (Wildman–Crippen LogP) is 3.00. The van der Waals surface area contributed by atoms with Crippen LogP contribution in [0.2, 0.25) is 0 Å². The Balaban J connectivity index is 1.78. The summed E-state index contributed by atoms with van der Waals surface area (Å²) in [5.74, 6) is -0.246. The molecule has 5 nitrogen and oxygen atoms in total. The van der Waals surface area contributed by atoms with Gasteiger partial charge in [-0.1, -0.05) is 0 Å². The number of hydrogen-bond acceptors (Lipinski definition) is 5. The molecule has 0 aliphatic heterocycles. The first kappa shape index (κ1) is 12.9. The van der Waals surface area contributed by atoms with Crippen molar-refractivity contribution in [2.75, 3.05) is 5.73 Å². The number of hydrogen-bond donors (Lipinski definition) is 1. The smallest absolute Gasteiger partial charge is 0.233 e. The van der Waals surface area contributed by atoms with E-state index in [1.165, 1.54) is 12.1 Å². The van der Waals surface area contributed by atoms with Crippen molar-refractivity contribution in [3.8, 4) is 11.8 Å². The van der Waals surface area contributed by atoms with Gasteiger partial charge >= 0.3 is 0 Å². The Bertz CT molecular complexity index is 852. The molecule has 2 N–H and O–H groups in total. The van der Waals surface area contributed by atoms with Gasteiger partial charge in [-0.25, -0.2) is 9.37 Å². The van der Waals surface area contributed by atoms with Gasteiger partial charge in [0.2, 0.25) is 5.89 Å². The van der Waals surface area contributed by atoms with E-state index in [9.17, 15) is 4.39 Å². The topological polar surface area (TPSA) is 85.1 Å². The summed E-state index contributed by atoms with van der Waals surface area (Å²) in [5, 5.41) is 8.67. The van der Waals surface area contributed by atoms with Gasteiger partial charge in [-0.3, -0.25) is 0 Å². The Labute approximate surface area is 119 Å². The van der Waals surface area contributed by atoms with E-state index >= 15 is 0 Å². The molecule has 0 saturated carbocycles. The minimum atomic E-state index is -0.602. The summed E-state index contributed by atoms with van der Waals surface area (Å²) >= 11 is 0. The van der Waals surface area contributed by atoms with Gasteiger partial charge in [-0.2, -0.15) is 5.26 Å². The molecule has 0 amide bonds. The quantitative estimate of drug-likeness (QED) is 0.747. The first-order valence-corrected chi connectivity index (χ1v) is 6.13. The second-order valence-electron chi connectivity index (χ2n) is 4.38. The molecule has 1 heterocycles. The SMILES string of the molecule is N#Cc1ccc(OCc2nc3ccc(N)cc3o2)c(F)c1. The van der Waals surface area contributed by atoms with Crippen LogP contribution >= 0.6 is 0 Å². The molecule has 0 aliphatic carbocycles. The molecule has 0 aliphatic rings. The molecule has 3 rings (SSSR count). The van der Waals surface area contributed by atoms with E-state index in [2.05, 4.69) is 4.98 Å². The number of anilines is 1. The predicted molar refractivity (Wildman–Crippen MR) is 73.9 cm³/mol. The Kier molecular flexibility index (Phi) is 3.16. The van der Waals surface area contributed by atoms with Crippen molar-refractivity contribution in [3.63, 3.8) is 0 Å². The van der Waals surface area contributed by atoms with Crippen LogP contribution in [-0.4, -0.2) is 4.98 Å². The van der Waals surface area contributed by atoms with Gasteiger partial charge in [0.05, 0.1) is 11.6 Å². The van der Waals surface area contributed by atoms with Crippen molar-refractivity contribution >= 4 is 16.8 Å². The lowest BCUT2D eigenvalue weighted by Crippen LogP contribution is -1.97. The van der Waals surface area contributed by atoms with Crippen molar-refractivity contribution in [1.82, 2.24) is 4.98 Å². The zero-order valence-electron chi connectivity index (χ0n) is 10.8. The van der Waals surface area contributed by atoms with Crippen molar-refractivity contribution in [2.24, 2.45) is 0 Å². The first-order chi connectivity index (χ1) is 10.2. The van der Waals surface area contributed by atoms with E-state index in [0.29, 0.717) is 22.7 Å². The summed E-state index contributed by atoms with van der Waals surface area (Å²) in [6.07, 6.45) is 0. The van der Waals surface area contributed by atoms with Crippen molar-refractivity contribution in [3.05, 3.63) is 53.7 Å². The number of benzene rings is 2. The van der Waals surface area contributed by atoms with Gasteiger partial charge in [0.15, 0.2) is 23.8 Å². The fourth-order valence-electron chi connectivity index (χ4n) is 1.88. The average molecular weight is 283 g/mol. The van der Waals surface area contributed by atoms with Crippen LogP contribution in [0.3, 0.4) is 0 Å². The minimum absolute atomic E-state index is 0.0165. The maximum atomic E-state index is 13.7. The molecule has 2 aromatic carbocycles. The van der Waals surface area contributed by atoms with E-state index in [0.717, 1.165) is 6.07 Å². The molecule has 104 valence electrons. The second kappa shape index (κ2) is 5.13. The molecule has 0 radical (unpaired) electrons. The third-order valence-corrected chi connectivity index (χ3v) is 2.87. The highest BCUT2D eigenvalue weighted by Gasteiger charge is 2.09. The molecule has 0 atom stereocenters. The van der Waals surface area contributed by atoms with Crippen LogP contribution in [0.15, 0.2) is 40.8 Å². The number of nitrogens with zero attached hydrogens (tertiary/aromatic N) is 2. The molecule has 0 saturated heterocycles. The summed E-state index contributed by atoms with van der Waals surface area (Å²) in [7, 11) is 0. The van der Waals surface area contributed by atoms with Crippen molar-refractivity contribution < 1.29 is 13.5 Å². The van der Waals surface area contributed by atoms with E-state index < -0.39 is 5.82 Å². The minimum Gasteiger partial charge on any atom is -0.481 e. The van der Waals surface area contributed by atoms with Gasteiger partial charge in [0, 0.05) is 11.8 Å². The first-order valence-electron chi connectivity index (χ1n) is 6.13. The lowest BCUT2D eigenvalue weighted by atomic mass is 10.2. The normalized spacial score (nSPS) is 10.5. The van der Waals surface area contributed by atoms with Gasteiger partial charge < -0.3 is 14.9 Å². The number of rotatable bonds is 3. The molecule has 0 bridgehead atoms. The fourth-order valence-corrected chi connectivity index (χ4v) is 1.88. The Morgan fingerprint density at radius 1 is 1.29 bits per heavy atom. The van der Waals surface area contributed by atoms with E-state index in [1.807, 2.05) is 6.07 Å².